The van der Waals surface area contributed by atoms with Crippen LogP contribution in [0.15, 0.2) is 42.5 Å². The van der Waals surface area contributed by atoms with Gasteiger partial charge in [0, 0.05) is 12.7 Å². The quantitative estimate of drug-likeness (QED) is 0.864. The van der Waals surface area contributed by atoms with Crippen LogP contribution in [0.1, 0.15) is 22.3 Å². The molecule has 0 bridgehead atoms. The van der Waals surface area contributed by atoms with E-state index < -0.39 is 0 Å². The van der Waals surface area contributed by atoms with Gasteiger partial charge >= 0.3 is 0 Å². The first-order valence-electron chi connectivity index (χ1n) is 6.83. The minimum absolute atomic E-state index is 0.0321. The first-order chi connectivity index (χ1) is 9.99. The van der Waals surface area contributed by atoms with E-state index in [1.165, 1.54) is 0 Å². The summed E-state index contributed by atoms with van der Waals surface area (Å²) >= 11 is 0. The van der Waals surface area contributed by atoms with E-state index in [2.05, 4.69) is 12.1 Å². The van der Waals surface area contributed by atoms with Gasteiger partial charge in [0.05, 0.1) is 18.1 Å². The predicted octanol–water partition coefficient (Wildman–Crippen LogP) is 3.38. The predicted molar refractivity (Wildman–Crippen MR) is 84.2 cm³/mol. The summed E-state index contributed by atoms with van der Waals surface area (Å²) in [6.45, 7) is 4.05. The van der Waals surface area contributed by atoms with Crippen molar-refractivity contribution in [3.63, 3.8) is 0 Å². The van der Waals surface area contributed by atoms with Crippen LogP contribution < -0.4 is 4.90 Å². The van der Waals surface area contributed by atoms with Crippen molar-refractivity contribution in [3.05, 3.63) is 64.7 Å². The van der Waals surface area contributed by atoms with Gasteiger partial charge in [0.1, 0.15) is 0 Å². The zero-order valence-corrected chi connectivity index (χ0v) is 12.6. The third-order valence-corrected chi connectivity index (χ3v) is 3.41. The summed E-state index contributed by atoms with van der Waals surface area (Å²) in [6.07, 6.45) is 0.329. The van der Waals surface area contributed by atoms with Crippen molar-refractivity contribution in [1.82, 2.24) is 0 Å². The Bertz CT molecular complexity index is 676. The van der Waals surface area contributed by atoms with E-state index in [0.717, 1.165) is 22.4 Å². The zero-order valence-electron chi connectivity index (χ0n) is 12.6. The maximum absolute atomic E-state index is 12.4. The van der Waals surface area contributed by atoms with Gasteiger partial charge in [-0.15, -0.1) is 0 Å². The van der Waals surface area contributed by atoms with Crippen LogP contribution in [0.25, 0.3) is 0 Å². The van der Waals surface area contributed by atoms with Crippen molar-refractivity contribution in [2.45, 2.75) is 20.3 Å². The topological polar surface area (TPSA) is 44.1 Å². The van der Waals surface area contributed by atoms with Crippen molar-refractivity contribution in [2.75, 3.05) is 11.9 Å². The van der Waals surface area contributed by atoms with Gasteiger partial charge in [0.15, 0.2) is 0 Å². The molecule has 1 amide bonds. The Morgan fingerprint density at radius 1 is 1.10 bits per heavy atom. The number of anilines is 1. The number of nitrogens with zero attached hydrogens (tertiary/aromatic N) is 2. The highest BCUT2D eigenvalue weighted by molar-refractivity contribution is 5.94. The third-order valence-electron chi connectivity index (χ3n) is 3.41. The van der Waals surface area contributed by atoms with Crippen LogP contribution in [0.3, 0.4) is 0 Å². The molecule has 0 radical (unpaired) electrons. The summed E-state index contributed by atoms with van der Waals surface area (Å²) in [7, 11) is 1.79. The second-order valence-corrected chi connectivity index (χ2v) is 5.28. The average Bonchev–Trinajstić information content (AvgIpc) is 2.46. The van der Waals surface area contributed by atoms with E-state index in [9.17, 15) is 4.79 Å². The molecule has 0 heterocycles. The first kappa shape index (κ1) is 14.8. The van der Waals surface area contributed by atoms with Crippen molar-refractivity contribution in [3.8, 4) is 6.07 Å². The fourth-order valence-electron chi connectivity index (χ4n) is 2.28. The second kappa shape index (κ2) is 6.23. The Kier molecular flexibility index (Phi) is 4.39. The van der Waals surface area contributed by atoms with Gasteiger partial charge in [-0.2, -0.15) is 5.26 Å². The lowest BCUT2D eigenvalue weighted by atomic mass is 10.1. The lowest BCUT2D eigenvalue weighted by molar-refractivity contribution is -0.117. The fourth-order valence-corrected chi connectivity index (χ4v) is 2.28. The number of amides is 1. The van der Waals surface area contributed by atoms with Gasteiger partial charge in [-0.3, -0.25) is 4.79 Å². The van der Waals surface area contributed by atoms with Crippen LogP contribution in [0.5, 0.6) is 0 Å². The van der Waals surface area contributed by atoms with E-state index in [4.69, 9.17) is 5.26 Å². The van der Waals surface area contributed by atoms with Crippen LogP contribution >= 0.6 is 0 Å². The van der Waals surface area contributed by atoms with Gasteiger partial charge in [-0.25, -0.2) is 0 Å². The minimum Gasteiger partial charge on any atom is -0.315 e. The molecular formula is C18H18N2O. The number of rotatable bonds is 3. The summed E-state index contributed by atoms with van der Waals surface area (Å²) in [4.78, 5) is 14.0. The van der Waals surface area contributed by atoms with Crippen LogP contribution in [0.4, 0.5) is 5.69 Å². The zero-order chi connectivity index (χ0) is 15.4. The van der Waals surface area contributed by atoms with E-state index in [1.807, 2.05) is 38.1 Å². The lowest BCUT2D eigenvalue weighted by Gasteiger charge is -2.18. The Balaban J connectivity index is 2.13. The molecule has 0 saturated heterocycles. The van der Waals surface area contributed by atoms with E-state index in [-0.39, 0.29) is 5.91 Å². The Hall–Kier alpha value is -2.60. The van der Waals surface area contributed by atoms with Crippen LogP contribution in [-0.2, 0) is 11.2 Å². The van der Waals surface area contributed by atoms with E-state index >= 15 is 0 Å². The normalized spacial score (nSPS) is 10.0. The van der Waals surface area contributed by atoms with Gasteiger partial charge in [0.2, 0.25) is 5.91 Å². The molecule has 0 aromatic heterocycles. The molecule has 0 atom stereocenters. The number of aryl methyl sites for hydroxylation is 2. The number of carbonyl (C=O) groups is 1. The largest absolute Gasteiger partial charge is 0.315 e. The molecule has 0 aliphatic rings. The average molecular weight is 278 g/mol. The highest BCUT2D eigenvalue weighted by Gasteiger charge is 2.12. The summed E-state index contributed by atoms with van der Waals surface area (Å²) in [5.41, 5.74) is 4.71. The Morgan fingerprint density at radius 3 is 2.19 bits per heavy atom. The molecule has 2 aromatic carbocycles. The SMILES string of the molecule is Cc1cc(C)cc(N(C)C(=O)Cc2ccc(C#N)cc2)c1. The number of carbonyl (C=O) groups excluding carboxylic acids is 1. The molecule has 21 heavy (non-hydrogen) atoms. The molecule has 3 heteroatoms. The molecule has 0 saturated carbocycles. The van der Waals surface area contributed by atoms with Crippen molar-refractivity contribution >= 4 is 11.6 Å². The van der Waals surface area contributed by atoms with Crippen molar-refractivity contribution < 1.29 is 4.79 Å². The maximum atomic E-state index is 12.4. The van der Waals surface area contributed by atoms with Gasteiger partial charge in [-0.1, -0.05) is 18.2 Å². The maximum Gasteiger partial charge on any atom is 0.231 e. The van der Waals surface area contributed by atoms with Gasteiger partial charge in [-0.05, 0) is 54.8 Å². The van der Waals surface area contributed by atoms with Crippen LogP contribution in [0, 0.1) is 25.2 Å². The minimum atomic E-state index is 0.0321. The highest BCUT2D eigenvalue weighted by atomic mass is 16.2. The molecular weight excluding hydrogens is 260 g/mol. The van der Waals surface area contributed by atoms with E-state index in [1.54, 1.807) is 24.1 Å². The Morgan fingerprint density at radius 2 is 1.67 bits per heavy atom. The third kappa shape index (κ3) is 3.70. The van der Waals surface area contributed by atoms with Crippen molar-refractivity contribution in [2.24, 2.45) is 0 Å². The molecule has 3 nitrogen and oxygen atoms in total. The molecule has 0 N–H and O–H groups in total. The number of likely N-dealkylation sites (N-methyl/N-ethyl adjacent to an activating group) is 1. The monoisotopic (exact) mass is 278 g/mol. The lowest BCUT2D eigenvalue weighted by Crippen LogP contribution is -2.27. The van der Waals surface area contributed by atoms with Gasteiger partial charge in [0.25, 0.3) is 0 Å². The molecule has 106 valence electrons. The summed E-state index contributed by atoms with van der Waals surface area (Å²) in [5.74, 6) is 0.0321. The molecule has 0 aliphatic heterocycles. The standard InChI is InChI=1S/C18H18N2O/c1-13-8-14(2)10-17(9-13)20(3)18(21)11-15-4-6-16(12-19)7-5-15/h4-10H,11H2,1-3H3. The second-order valence-electron chi connectivity index (χ2n) is 5.28. The summed E-state index contributed by atoms with van der Waals surface area (Å²) in [6, 6.07) is 15.3. The van der Waals surface area contributed by atoms with Crippen LogP contribution in [0.2, 0.25) is 0 Å². The van der Waals surface area contributed by atoms with E-state index in [0.29, 0.717) is 12.0 Å². The molecule has 0 spiro atoms. The number of hydrogen-bond donors (Lipinski definition) is 0. The van der Waals surface area contributed by atoms with Gasteiger partial charge < -0.3 is 4.90 Å². The molecule has 0 fully saturated rings. The smallest absolute Gasteiger partial charge is 0.231 e. The molecule has 2 rings (SSSR count). The van der Waals surface area contributed by atoms with Crippen LogP contribution in [-0.4, -0.2) is 13.0 Å². The van der Waals surface area contributed by atoms with Crippen molar-refractivity contribution in [1.29, 1.82) is 5.26 Å². The fraction of sp³-hybridized carbons (Fsp3) is 0.222. The highest BCUT2D eigenvalue weighted by Crippen LogP contribution is 2.18. The summed E-state index contributed by atoms with van der Waals surface area (Å²) in [5, 5.41) is 8.77. The first-order valence-corrected chi connectivity index (χ1v) is 6.83. The number of nitriles is 1. The summed E-state index contributed by atoms with van der Waals surface area (Å²) < 4.78 is 0. The molecule has 0 unspecified atom stereocenters. The molecule has 0 aliphatic carbocycles. The molecule has 2 aromatic rings. The number of hydrogen-bond acceptors (Lipinski definition) is 2. The Labute approximate surface area is 125 Å². The number of benzene rings is 2.